The predicted octanol–water partition coefficient (Wildman–Crippen LogP) is 6.10. The van der Waals surface area contributed by atoms with Gasteiger partial charge in [-0.15, -0.1) is 0 Å². The minimum atomic E-state index is -0.530. The molecule has 3 rings (SSSR count). The molecule has 8 nitrogen and oxygen atoms in total. The standard InChI is InChI=1S/C24H17BrIN3O5/c1-33-22-11-16(9-17(13-27)24(30)28-19-4-2-3-18(26)12-19)10-21(25)23(22)34-14-15-5-7-20(8-6-15)29(31)32/h2-12H,14H2,1H3,(H,28,30)/b17-9+. The van der Waals surface area contributed by atoms with Gasteiger partial charge in [0.2, 0.25) is 0 Å². The minimum absolute atomic E-state index is 0.00187. The maximum Gasteiger partial charge on any atom is 0.269 e. The Bertz CT molecular complexity index is 1300. The van der Waals surface area contributed by atoms with E-state index >= 15 is 0 Å². The maximum atomic E-state index is 12.6. The lowest BCUT2D eigenvalue weighted by molar-refractivity contribution is -0.384. The van der Waals surface area contributed by atoms with Crippen molar-refractivity contribution in [1.29, 1.82) is 5.26 Å². The monoisotopic (exact) mass is 633 g/mol. The Morgan fingerprint density at radius 2 is 1.97 bits per heavy atom. The number of rotatable bonds is 8. The van der Waals surface area contributed by atoms with E-state index in [2.05, 4.69) is 43.8 Å². The van der Waals surface area contributed by atoms with Crippen LogP contribution in [0.2, 0.25) is 0 Å². The molecule has 3 aromatic rings. The van der Waals surface area contributed by atoms with Gasteiger partial charge >= 0.3 is 0 Å². The molecule has 0 saturated carbocycles. The highest BCUT2D eigenvalue weighted by atomic mass is 127. The van der Waals surface area contributed by atoms with Crippen LogP contribution in [-0.2, 0) is 11.4 Å². The molecule has 1 N–H and O–H groups in total. The Labute approximate surface area is 217 Å². The first-order valence-electron chi connectivity index (χ1n) is 9.73. The number of nitriles is 1. The number of benzene rings is 3. The first kappa shape index (κ1) is 25.2. The normalized spacial score (nSPS) is 10.8. The molecule has 0 aliphatic rings. The van der Waals surface area contributed by atoms with E-state index < -0.39 is 10.8 Å². The number of carbonyl (C=O) groups excluding carboxylic acids is 1. The van der Waals surface area contributed by atoms with Crippen LogP contribution in [0.15, 0.2) is 70.7 Å². The van der Waals surface area contributed by atoms with Gasteiger partial charge in [0.05, 0.1) is 16.5 Å². The molecule has 172 valence electrons. The lowest BCUT2D eigenvalue weighted by atomic mass is 10.1. The molecule has 3 aromatic carbocycles. The van der Waals surface area contributed by atoms with E-state index in [1.165, 1.54) is 25.3 Å². The second-order valence-corrected chi connectivity index (χ2v) is 8.98. The number of hydrogen-bond donors (Lipinski definition) is 1. The number of methoxy groups -OCH3 is 1. The molecular formula is C24H17BrIN3O5. The number of nitrogens with one attached hydrogen (secondary N) is 1. The summed E-state index contributed by atoms with van der Waals surface area (Å²) in [5.41, 5.74) is 1.81. The Morgan fingerprint density at radius 1 is 1.24 bits per heavy atom. The Kier molecular flexibility index (Phi) is 8.61. The van der Waals surface area contributed by atoms with E-state index in [0.717, 1.165) is 9.13 Å². The smallest absolute Gasteiger partial charge is 0.269 e. The number of amides is 1. The van der Waals surface area contributed by atoms with Crippen molar-refractivity contribution in [3.63, 3.8) is 0 Å². The van der Waals surface area contributed by atoms with Crippen LogP contribution >= 0.6 is 38.5 Å². The van der Waals surface area contributed by atoms with E-state index in [0.29, 0.717) is 27.2 Å². The third-order valence-corrected chi connectivity index (χ3v) is 5.80. The van der Waals surface area contributed by atoms with Gasteiger partial charge in [0.25, 0.3) is 11.6 Å². The summed E-state index contributed by atoms with van der Waals surface area (Å²) in [4.78, 5) is 22.9. The Balaban J connectivity index is 1.79. The quantitative estimate of drug-likeness (QED) is 0.105. The van der Waals surface area contributed by atoms with E-state index in [1.54, 1.807) is 36.4 Å². The molecular weight excluding hydrogens is 617 g/mol. The third-order valence-electron chi connectivity index (χ3n) is 4.54. The van der Waals surface area contributed by atoms with E-state index in [-0.39, 0.29) is 17.9 Å². The Morgan fingerprint density at radius 3 is 2.59 bits per heavy atom. The molecule has 0 spiro atoms. The van der Waals surface area contributed by atoms with Crippen LogP contribution in [0.5, 0.6) is 11.5 Å². The van der Waals surface area contributed by atoms with Crippen molar-refractivity contribution in [3.8, 4) is 17.6 Å². The van der Waals surface area contributed by atoms with Crippen LogP contribution in [-0.4, -0.2) is 17.9 Å². The predicted molar refractivity (Wildman–Crippen MR) is 140 cm³/mol. The molecule has 0 bridgehead atoms. The zero-order valence-corrected chi connectivity index (χ0v) is 21.5. The molecule has 0 heterocycles. The minimum Gasteiger partial charge on any atom is -0.493 e. The number of non-ortho nitro benzene ring substituents is 1. The van der Waals surface area contributed by atoms with Gasteiger partial charge in [-0.1, -0.05) is 6.07 Å². The Hall–Kier alpha value is -3.43. The molecule has 0 radical (unpaired) electrons. The van der Waals surface area contributed by atoms with Crippen LogP contribution < -0.4 is 14.8 Å². The maximum absolute atomic E-state index is 12.6. The fourth-order valence-electron chi connectivity index (χ4n) is 2.91. The van der Waals surface area contributed by atoms with E-state index in [4.69, 9.17) is 9.47 Å². The number of hydrogen-bond acceptors (Lipinski definition) is 6. The highest BCUT2D eigenvalue weighted by Crippen LogP contribution is 2.38. The SMILES string of the molecule is COc1cc(/C=C(\C#N)C(=O)Nc2cccc(I)c2)cc(Br)c1OCc1ccc([N+](=O)[O-])cc1. The molecule has 0 atom stereocenters. The molecule has 0 aliphatic heterocycles. The fourth-order valence-corrected chi connectivity index (χ4v) is 4.03. The highest BCUT2D eigenvalue weighted by Gasteiger charge is 2.15. The molecule has 0 saturated heterocycles. The zero-order valence-electron chi connectivity index (χ0n) is 17.7. The number of nitrogens with zero attached hydrogens (tertiary/aromatic N) is 2. The third kappa shape index (κ3) is 6.55. The number of nitro groups is 1. The van der Waals surface area contributed by atoms with Crippen molar-refractivity contribution in [2.24, 2.45) is 0 Å². The number of halogens is 2. The summed E-state index contributed by atoms with van der Waals surface area (Å²) in [6, 6.07) is 18.6. The molecule has 10 heteroatoms. The van der Waals surface area contributed by atoms with Crippen molar-refractivity contribution < 1.29 is 19.2 Å². The average Bonchev–Trinajstić information content (AvgIpc) is 2.81. The first-order valence-corrected chi connectivity index (χ1v) is 11.6. The summed E-state index contributed by atoms with van der Waals surface area (Å²) in [6.45, 7) is 0.157. The van der Waals surface area contributed by atoms with Gasteiger partial charge < -0.3 is 14.8 Å². The van der Waals surface area contributed by atoms with E-state index in [9.17, 15) is 20.2 Å². The summed E-state index contributed by atoms with van der Waals surface area (Å²) in [6.07, 6.45) is 1.45. The fraction of sp³-hybridized carbons (Fsp3) is 0.0833. The topological polar surface area (TPSA) is 114 Å². The second kappa shape index (κ2) is 11.6. The highest BCUT2D eigenvalue weighted by molar-refractivity contribution is 14.1. The molecule has 0 aromatic heterocycles. The lowest BCUT2D eigenvalue weighted by Crippen LogP contribution is -2.13. The molecule has 1 amide bonds. The van der Waals surface area contributed by atoms with Gasteiger partial charge in [-0.05, 0) is 98.2 Å². The number of ether oxygens (including phenoxy) is 2. The van der Waals surface area contributed by atoms with Gasteiger partial charge in [-0.25, -0.2) is 0 Å². The lowest BCUT2D eigenvalue weighted by Gasteiger charge is -2.14. The summed E-state index contributed by atoms with van der Waals surface area (Å²) in [5, 5.41) is 23.0. The summed E-state index contributed by atoms with van der Waals surface area (Å²) < 4.78 is 12.8. The van der Waals surface area contributed by atoms with Crippen molar-refractivity contribution in [2.75, 3.05) is 12.4 Å². The van der Waals surface area contributed by atoms with Gasteiger partial charge in [0, 0.05) is 21.4 Å². The largest absolute Gasteiger partial charge is 0.493 e. The van der Waals surface area contributed by atoms with Crippen LogP contribution in [0.25, 0.3) is 6.08 Å². The van der Waals surface area contributed by atoms with Gasteiger partial charge in [0.1, 0.15) is 18.2 Å². The summed E-state index contributed by atoms with van der Waals surface area (Å²) in [5.74, 6) is 0.274. The molecule has 0 fully saturated rings. The van der Waals surface area contributed by atoms with Crippen LogP contribution in [0.1, 0.15) is 11.1 Å². The van der Waals surface area contributed by atoms with Crippen molar-refractivity contribution in [2.45, 2.75) is 6.61 Å². The summed E-state index contributed by atoms with van der Waals surface area (Å²) in [7, 11) is 1.48. The molecule has 0 aliphatic carbocycles. The van der Waals surface area contributed by atoms with Crippen LogP contribution in [0.3, 0.4) is 0 Å². The number of carbonyl (C=O) groups is 1. The average molecular weight is 634 g/mol. The van der Waals surface area contributed by atoms with Crippen LogP contribution in [0, 0.1) is 25.0 Å². The summed E-state index contributed by atoms with van der Waals surface area (Å²) >= 11 is 5.58. The van der Waals surface area contributed by atoms with Crippen LogP contribution in [0.4, 0.5) is 11.4 Å². The van der Waals surface area contributed by atoms with Gasteiger partial charge in [-0.2, -0.15) is 5.26 Å². The van der Waals surface area contributed by atoms with Gasteiger partial charge in [0.15, 0.2) is 11.5 Å². The van der Waals surface area contributed by atoms with E-state index in [1.807, 2.05) is 18.2 Å². The number of anilines is 1. The van der Waals surface area contributed by atoms with Crippen molar-refractivity contribution in [1.82, 2.24) is 0 Å². The first-order chi connectivity index (χ1) is 16.3. The molecule has 0 unspecified atom stereocenters. The van der Waals surface area contributed by atoms with Crippen molar-refractivity contribution >= 4 is 61.9 Å². The molecule has 34 heavy (non-hydrogen) atoms. The van der Waals surface area contributed by atoms with Crippen molar-refractivity contribution in [3.05, 3.63) is 95.5 Å². The second-order valence-electron chi connectivity index (χ2n) is 6.88. The zero-order chi connectivity index (χ0) is 24.7. The van der Waals surface area contributed by atoms with Gasteiger partial charge in [-0.3, -0.25) is 14.9 Å². The number of nitro benzene ring substituents is 1.